The molecule has 0 heterocycles. The summed E-state index contributed by atoms with van der Waals surface area (Å²) in [5.74, 6) is -2.19. The van der Waals surface area contributed by atoms with Crippen molar-refractivity contribution in [2.24, 2.45) is 28.6 Å². The van der Waals surface area contributed by atoms with Crippen LogP contribution in [-0.4, -0.2) is 52.8 Å². The smallest absolute Gasteiger partial charge is 0.367 e. The highest BCUT2D eigenvalue weighted by molar-refractivity contribution is 8.12. The third-order valence-corrected chi connectivity index (χ3v) is 8.96. The van der Waals surface area contributed by atoms with Crippen LogP contribution in [0.1, 0.15) is 39.5 Å². The van der Waals surface area contributed by atoms with Crippen molar-refractivity contribution in [1.82, 2.24) is 0 Å². The Kier molecular flexibility index (Phi) is 5.49. The minimum absolute atomic E-state index is 0.0547. The highest BCUT2D eigenvalue weighted by atomic mass is 32.2. The van der Waals surface area contributed by atoms with Crippen LogP contribution in [0.15, 0.2) is 23.8 Å². The molecule has 0 spiro atoms. The number of aliphatic hydroxyl groups excluding tert-OH is 1. The number of allylic oxidation sites excluding steroid dienone is 4. The first-order chi connectivity index (χ1) is 14.5. The molecule has 4 aliphatic rings. The van der Waals surface area contributed by atoms with Crippen LogP contribution in [0.3, 0.4) is 0 Å². The molecule has 3 saturated carbocycles. The van der Waals surface area contributed by atoms with Crippen LogP contribution in [-0.2, 0) is 14.3 Å². The molecule has 5 nitrogen and oxygen atoms in total. The van der Waals surface area contributed by atoms with Crippen LogP contribution in [0.5, 0.6) is 0 Å². The molecule has 0 saturated heterocycles. The number of thioether (sulfide) groups is 1. The van der Waals surface area contributed by atoms with E-state index in [-0.39, 0.29) is 42.5 Å². The molecule has 4 aliphatic carbocycles. The molecule has 1 N–H and O–H groups in total. The molecule has 1 unspecified atom stereocenters. The van der Waals surface area contributed by atoms with Crippen molar-refractivity contribution in [2.75, 3.05) is 12.9 Å². The number of Topliss-reactive ketones (excluding diaryl/α,β-unsaturated/α-hetero) is 1. The topological polar surface area (TPSA) is 80.7 Å². The van der Waals surface area contributed by atoms with Gasteiger partial charge in [-0.2, -0.15) is 0 Å². The SMILES string of the molecule is CSC(=O)OCC(=O)[C@H]1CCC2[C@@H]3C[C@H](F)C4=CC(=O)C=C[C@]4(C)[C@@]3(F)[C@@H](O)C[C@@]21C. The third-order valence-electron chi connectivity index (χ3n) is 8.51. The van der Waals surface area contributed by atoms with E-state index in [1.165, 1.54) is 18.2 Å². The summed E-state index contributed by atoms with van der Waals surface area (Å²) >= 11 is 0.876. The number of hydrogen-bond acceptors (Lipinski definition) is 6. The molecule has 31 heavy (non-hydrogen) atoms. The number of ketones is 2. The largest absolute Gasteiger partial charge is 0.450 e. The monoisotopic (exact) mass is 454 g/mol. The van der Waals surface area contributed by atoms with Gasteiger partial charge in [0.05, 0.1) is 6.10 Å². The van der Waals surface area contributed by atoms with Gasteiger partial charge in [0.2, 0.25) is 0 Å². The summed E-state index contributed by atoms with van der Waals surface area (Å²) in [5.41, 5.74) is -4.17. The Morgan fingerprint density at radius 3 is 2.68 bits per heavy atom. The van der Waals surface area contributed by atoms with Gasteiger partial charge in [0.25, 0.3) is 0 Å². The van der Waals surface area contributed by atoms with Crippen molar-refractivity contribution in [2.45, 2.75) is 57.5 Å². The summed E-state index contributed by atoms with van der Waals surface area (Å²) < 4.78 is 37.1. The molecular formula is C23H28F2O5S. The summed E-state index contributed by atoms with van der Waals surface area (Å²) in [6, 6.07) is 0. The fourth-order valence-corrected chi connectivity index (χ4v) is 7.20. The van der Waals surface area contributed by atoms with E-state index in [1.54, 1.807) is 13.2 Å². The maximum Gasteiger partial charge on any atom is 0.367 e. The standard InChI is InChI=1S/C23H28F2O5S/c1-21-10-19(28)23(25)15(9-17(24)16-8-12(26)6-7-22(16,23)2)13(21)4-5-14(21)18(27)11-30-20(29)31-3/h6-8,13-15,17,19,28H,4-5,9-11H2,1-3H3/t13?,14-,15+,17+,19+,21+,22+,23+/m1/s1. The normalized spacial score (nSPS) is 45.9. The first-order valence-electron chi connectivity index (χ1n) is 10.7. The van der Waals surface area contributed by atoms with Gasteiger partial charge in [-0.1, -0.05) is 13.0 Å². The maximum absolute atomic E-state index is 16.9. The van der Waals surface area contributed by atoms with E-state index in [4.69, 9.17) is 4.74 Å². The number of carbonyl (C=O) groups is 3. The van der Waals surface area contributed by atoms with Gasteiger partial charge in [0, 0.05) is 17.3 Å². The average molecular weight is 455 g/mol. The molecule has 8 heteroatoms. The molecule has 0 radical (unpaired) electrons. The first-order valence-corrected chi connectivity index (χ1v) is 11.9. The minimum atomic E-state index is -2.13. The van der Waals surface area contributed by atoms with Gasteiger partial charge in [-0.05, 0) is 79.7 Å². The molecule has 170 valence electrons. The van der Waals surface area contributed by atoms with Gasteiger partial charge in [-0.25, -0.2) is 13.6 Å². The van der Waals surface area contributed by atoms with Crippen molar-refractivity contribution in [1.29, 1.82) is 0 Å². The summed E-state index contributed by atoms with van der Waals surface area (Å²) in [6.07, 6.45) is 3.44. The quantitative estimate of drug-likeness (QED) is 0.650. The molecule has 0 amide bonds. The Labute approximate surface area is 184 Å². The van der Waals surface area contributed by atoms with E-state index in [0.29, 0.717) is 12.8 Å². The Balaban J connectivity index is 1.67. The zero-order valence-corrected chi connectivity index (χ0v) is 18.7. The molecule has 3 fully saturated rings. The second-order valence-corrected chi connectivity index (χ2v) is 10.5. The van der Waals surface area contributed by atoms with Crippen molar-refractivity contribution >= 4 is 28.6 Å². The zero-order chi connectivity index (χ0) is 22.8. The van der Waals surface area contributed by atoms with E-state index in [9.17, 15) is 19.5 Å². The van der Waals surface area contributed by atoms with Crippen molar-refractivity contribution in [3.8, 4) is 0 Å². The molecule has 0 aromatic carbocycles. The lowest BCUT2D eigenvalue weighted by Gasteiger charge is -2.62. The van der Waals surface area contributed by atoms with Gasteiger partial charge in [-0.15, -0.1) is 0 Å². The number of fused-ring (bicyclic) bond motifs is 5. The maximum atomic E-state index is 16.9. The second-order valence-electron chi connectivity index (χ2n) is 9.79. The number of carbonyl (C=O) groups excluding carboxylic acids is 3. The summed E-state index contributed by atoms with van der Waals surface area (Å²) in [6.45, 7) is 3.08. The Morgan fingerprint density at radius 2 is 2.00 bits per heavy atom. The highest BCUT2D eigenvalue weighted by Crippen LogP contribution is 2.69. The fourth-order valence-electron chi connectivity index (χ4n) is 7.02. The van der Waals surface area contributed by atoms with Gasteiger partial charge in [0.1, 0.15) is 6.17 Å². The molecule has 0 aromatic heterocycles. The molecule has 8 atom stereocenters. The fraction of sp³-hybridized carbons (Fsp3) is 0.696. The van der Waals surface area contributed by atoms with Crippen LogP contribution in [0.4, 0.5) is 13.6 Å². The predicted octanol–water partition coefficient (Wildman–Crippen LogP) is 3.99. The van der Waals surface area contributed by atoms with Crippen LogP contribution in [0.2, 0.25) is 0 Å². The lowest BCUT2D eigenvalue weighted by atomic mass is 9.45. The second kappa shape index (κ2) is 7.51. The number of hydrogen-bond donors (Lipinski definition) is 1. The van der Waals surface area contributed by atoms with Crippen molar-refractivity contribution in [3.63, 3.8) is 0 Å². The minimum Gasteiger partial charge on any atom is -0.450 e. The number of ether oxygens (including phenoxy) is 1. The Hall–Kier alpha value is -1.54. The Bertz CT molecular complexity index is 887. The van der Waals surface area contributed by atoms with E-state index in [2.05, 4.69) is 0 Å². The van der Waals surface area contributed by atoms with E-state index >= 15 is 8.78 Å². The first kappa shape index (κ1) is 22.6. The van der Waals surface area contributed by atoms with Crippen LogP contribution < -0.4 is 0 Å². The number of alkyl halides is 2. The molecular weight excluding hydrogens is 426 g/mol. The lowest BCUT2D eigenvalue weighted by molar-refractivity contribution is -0.202. The molecule has 4 rings (SSSR count). The molecule has 0 bridgehead atoms. The van der Waals surface area contributed by atoms with E-state index in [1.807, 2.05) is 6.92 Å². The van der Waals surface area contributed by atoms with Gasteiger partial charge >= 0.3 is 5.30 Å². The lowest BCUT2D eigenvalue weighted by Crippen LogP contribution is -2.68. The number of rotatable bonds is 3. The van der Waals surface area contributed by atoms with Gasteiger partial charge in [-0.3, -0.25) is 9.59 Å². The number of aliphatic hydroxyl groups is 1. The third kappa shape index (κ3) is 3.08. The summed E-state index contributed by atoms with van der Waals surface area (Å²) in [5, 5.41) is 10.6. The number of halogens is 2. The molecule has 0 aromatic rings. The average Bonchev–Trinajstić information content (AvgIpc) is 3.06. The van der Waals surface area contributed by atoms with Gasteiger partial charge in [0.15, 0.2) is 23.8 Å². The molecule has 0 aliphatic heterocycles. The predicted molar refractivity (Wildman–Crippen MR) is 112 cm³/mol. The van der Waals surface area contributed by atoms with Crippen molar-refractivity contribution in [3.05, 3.63) is 23.8 Å². The van der Waals surface area contributed by atoms with Crippen LogP contribution in [0.25, 0.3) is 0 Å². The highest BCUT2D eigenvalue weighted by Gasteiger charge is 2.72. The summed E-state index contributed by atoms with van der Waals surface area (Å²) in [4.78, 5) is 36.1. The Morgan fingerprint density at radius 1 is 1.29 bits per heavy atom. The van der Waals surface area contributed by atoms with Crippen molar-refractivity contribution < 1.29 is 33.0 Å². The zero-order valence-electron chi connectivity index (χ0n) is 17.9. The van der Waals surface area contributed by atoms with E-state index < -0.39 is 45.9 Å². The van der Waals surface area contributed by atoms with Crippen LogP contribution in [0, 0.1) is 28.6 Å². The van der Waals surface area contributed by atoms with Gasteiger partial charge < -0.3 is 9.84 Å². The van der Waals surface area contributed by atoms with E-state index in [0.717, 1.165) is 11.8 Å². The van der Waals surface area contributed by atoms with Crippen LogP contribution >= 0.6 is 11.8 Å². The summed E-state index contributed by atoms with van der Waals surface area (Å²) in [7, 11) is 0.